The Labute approximate surface area is 114 Å². The summed E-state index contributed by atoms with van der Waals surface area (Å²) in [7, 11) is 3.96. The van der Waals surface area contributed by atoms with Crippen LogP contribution in [0.2, 0.25) is 0 Å². The first-order valence-corrected chi connectivity index (χ1v) is 6.37. The minimum absolute atomic E-state index is 0.176. The maximum atomic E-state index is 9.93. The van der Waals surface area contributed by atoms with Crippen LogP contribution in [-0.4, -0.2) is 19.2 Å². The molecule has 0 aromatic heterocycles. The molecule has 2 rings (SSSR count). The third-order valence-electron chi connectivity index (χ3n) is 2.99. The number of hydrogen-bond donors (Lipinski definition) is 1. The fourth-order valence-corrected chi connectivity index (χ4v) is 1.82. The van der Waals surface area contributed by atoms with E-state index in [0.717, 1.165) is 17.7 Å². The van der Waals surface area contributed by atoms with Crippen LogP contribution in [0.25, 0.3) is 0 Å². The molecule has 0 radical (unpaired) electrons. The zero-order chi connectivity index (χ0) is 13.8. The number of aryl methyl sites for hydroxylation is 1. The quantitative estimate of drug-likeness (QED) is 0.904. The van der Waals surface area contributed by atoms with E-state index in [1.165, 1.54) is 0 Å². The molecule has 0 fully saturated rings. The van der Waals surface area contributed by atoms with Crippen LogP contribution in [0.1, 0.15) is 12.5 Å². The van der Waals surface area contributed by atoms with Crippen molar-refractivity contribution in [3.63, 3.8) is 0 Å². The minimum Gasteiger partial charge on any atom is -0.504 e. The van der Waals surface area contributed by atoms with Gasteiger partial charge in [0.15, 0.2) is 11.5 Å². The first-order chi connectivity index (χ1) is 9.10. The Morgan fingerprint density at radius 2 is 1.89 bits per heavy atom. The molecule has 3 nitrogen and oxygen atoms in total. The maximum absolute atomic E-state index is 9.93. The summed E-state index contributed by atoms with van der Waals surface area (Å²) >= 11 is 0. The van der Waals surface area contributed by atoms with Gasteiger partial charge in [0, 0.05) is 25.8 Å². The second-order valence-electron chi connectivity index (χ2n) is 4.65. The van der Waals surface area contributed by atoms with Crippen LogP contribution in [0.3, 0.4) is 0 Å². The fourth-order valence-electron chi connectivity index (χ4n) is 1.82. The lowest BCUT2D eigenvalue weighted by molar-refractivity contribution is 0.411. The first-order valence-electron chi connectivity index (χ1n) is 6.37. The van der Waals surface area contributed by atoms with Crippen LogP contribution in [0.4, 0.5) is 5.69 Å². The summed E-state index contributed by atoms with van der Waals surface area (Å²) < 4.78 is 5.72. The third-order valence-corrected chi connectivity index (χ3v) is 2.99. The van der Waals surface area contributed by atoms with Gasteiger partial charge in [0.25, 0.3) is 0 Å². The minimum atomic E-state index is 0.176. The van der Waals surface area contributed by atoms with Crippen LogP contribution in [0.15, 0.2) is 42.5 Å². The van der Waals surface area contributed by atoms with Crippen molar-refractivity contribution in [2.24, 2.45) is 0 Å². The van der Waals surface area contributed by atoms with Crippen molar-refractivity contribution in [3.8, 4) is 17.2 Å². The number of benzene rings is 2. The van der Waals surface area contributed by atoms with Crippen LogP contribution < -0.4 is 9.64 Å². The van der Waals surface area contributed by atoms with Gasteiger partial charge in [-0.2, -0.15) is 0 Å². The van der Waals surface area contributed by atoms with E-state index in [4.69, 9.17) is 4.74 Å². The van der Waals surface area contributed by atoms with Gasteiger partial charge >= 0.3 is 0 Å². The Bertz CT molecular complexity index is 564. The van der Waals surface area contributed by atoms with Crippen molar-refractivity contribution in [3.05, 3.63) is 48.0 Å². The van der Waals surface area contributed by atoms with E-state index in [1.807, 2.05) is 49.3 Å². The number of anilines is 1. The van der Waals surface area contributed by atoms with Crippen molar-refractivity contribution in [1.29, 1.82) is 0 Å². The molecule has 0 bridgehead atoms. The molecule has 0 atom stereocenters. The second-order valence-corrected chi connectivity index (χ2v) is 4.65. The SMILES string of the molecule is CCc1ccc(Oc2cccc(N(C)C)c2)c(O)c1. The molecule has 0 saturated heterocycles. The molecule has 3 heteroatoms. The Morgan fingerprint density at radius 3 is 2.53 bits per heavy atom. The number of phenolic OH excluding ortho intramolecular Hbond substituents is 1. The summed E-state index contributed by atoms with van der Waals surface area (Å²) in [5.74, 6) is 1.37. The number of nitrogens with zero attached hydrogens (tertiary/aromatic N) is 1. The van der Waals surface area contributed by atoms with E-state index in [1.54, 1.807) is 12.1 Å². The number of phenols is 1. The zero-order valence-electron chi connectivity index (χ0n) is 11.6. The molecule has 0 spiro atoms. The number of rotatable bonds is 4. The number of hydrogen-bond acceptors (Lipinski definition) is 3. The van der Waals surface area contributed by atoms with E-state index >= 15 is 0 Å². The normalized spacial score (nSPS) is 10.3. The predicted octanol–water partition coefficient (Wildman–Crippen LogP) is 3.81. The van der Waals surface area contributed by atoms with Crippen LogP contribution in [-0.2, 0) is 6.42 Å². The maximum Gasteiger partial charge on any atom is 0.169 e. The first kappa shape index (κ1) is 13.3. The lowest BCUT2D eigenvalue weighted by atomic mass is 10.1. The van der Waals surface area contributed by atoms with Gasteiger partial charge in [0.1, 0.15) is 5.75 Å². The Balaban J connectivity index is 2.23. The van der Waals surface area contributed by atoms with Crippen molar-refractivity contribution < 1.29 is 9.84 Å². The fraction of sp³-hybridized carbons (Fsp3) is 0.250. The van der Waals surface area contributed by atoms with Gasteiger partial charge in [-0.15, -0.1) is 0 Å². The molecular formula is C16H19NO2. The lowest BCUT2D eigenvalue weighted by Crippen LogP contribution is -2.08. The summed E-state index contributed by atoms with van der Waals surface area (Å²) in [5.41, 5.74) is 2.15. The van der Waals surface area contributed by atoms with Crippen LogP contribution >= 0.6 is 0 Å². The lowest BCUT2D eigenvalue weighted by Gasteiger charge is -2.14. The summed E-state index contributed by atoms with van der Waals surface area (Å²) in [5, 5.41) is 9.93. The van der Waals surface area contributed by atoms with Gasteiger partial charge in [0.2, 0.25) is 0 Å². The smallest absolute Gasteiger partial charge is 0.169 e. The summed E-state index contributed by atoms with van der Waals surface area (Å²) in [6.07, 6.45) is 0.893. The Kier molecular flexibility index (Phi) is 3.95. The average Bonchev–Trinajstić information content (AvgIpc) is 2.41. The Hall–Kier alpha value is -2.16. The van der Waals surface area contributed by atoms with Gasteiger partial charge in [0.05, 0.1) is 0 Å². The molecule has 0 aliphatic rings. The van der Waals surface area contributed by atoms with Crippen LogP contribution in [0.5, 0.6) is 17.2 Å². The molecule has 2 aromatic carbocycles. The van der Waals surface area contributed by atoms with Crippen molar-refractivity contribution in [1.82, 2.24) is 0 Å². The van der Waals surface area contributed by atoms with Crippen molar-refractivity contribution >= 4 is 5.69 Å². The Morgan fingerprint density at radius 1 is 1.11 bits per heavy atom. The number of ether oxygens (including phenoxy) is 1. The zero-order valence-corrected chi connectivity index (χ0v) is 11.6. The molecule has 19 heavy (non-hydrogen) atoms. The second kappa shape index (κ2) is 5.65. The molecule has 0 saturated carbocycles. The van der Waals surface area contributed by atoms with Gasteiger partial charge in [-0.3, -0.25) is 0 Å². The molecule has 100 valence electrons. The predicted molar refractivity (Wildman–Crippen MR) is 78.3 cm³/mol. The molecule has 0 unspecified atom stereocenters. The van der Waals surface area contributed by atoms with E-state index in [0.29, 0.717) is 11.5 Å². The monoisotopic (exact) mass is 257 g/mol. The van der Waals surface area contributed by atoms with E-state index in [-0.39, 0.29) is 5.75 Å². The highest BCUT2D eigenvalue weighted by molar-refractivity contribution is 5.51. The summed E-state index contributed by atoms with van der Waals surface area (Å²) in [6, 6.07) is 13.3. The summed E-state index contributed by atoms with van der Waals surface area (Å²) in [6.45, 7) is 2.05. The molecule has 0 heterocycles. The van der Waals surface area contributed by atoms with Gasteiger partial charge in [-0.1, -0.05) is 19.1 Å². The molecule has 1 N–H and O–H groups in total. The van der Waals surface area contributed by atoms with E-state index in [9.17, 15) is 5.11 Å². The topological polar surface area (TPSA) is 32.7 Å². The molecule has 0 aliphatic carbocycles. The average molecular weight is 257 g/mol. The molecule has 2 aromatic rings. The third kappa shape index (κ3) is 3.19. The van der Waals surface area contributed by atoms with Crippen LogP contribution in [0, 0.1) is 0 Å². The standard InChI is InChI=1S/C16H19NO2/c1-4-12-8-9-16(15(18)10-12)19-14-7-5-6-13(11-14)17(2)3/h5-11,18H,4H2,1-3H3. The van der Waals surface area contributed by atoms with Crippen molar-refractivity contribution in [2.45, 2.75) is 13.3 Å². The van der Waals surface area contributed by atoms with Crippen molar-refractivity contribution in [2.75, 3.05) is 19.0 Å². The van der Waals surface area contributed by atoms with E-state index in [2.05, 4.69) is 6.92 Å². The highest BCUT2D eigenvalue weighted by Gasteiger charge is 2.05. The van der Waals surface area contributed by atoms with Gasteiger partial charge in [-0.05, 0) is 36.2 Å². The molecular weight excluding hydrogens is 238 g/mol. The van der Waals surface area contributed by atoms with E-state index < -0.39 is 0 Å². The molecule has 0 aliphatic heterocycles. The number of aromatic hydroxyl groups is 1. The highest BCUT2D eigenvalue weighted by Crippen LogP contribution is 2.32. The molecule has 0 amide bonds. The summed E-state index contributed by atoms with van der Waals surface area (Å²) in [4.78, 5) is 2.01. The van der Waals surface area contributed by atoms with Gasteiger partial charge in [-0.25, -0.2) is 0 Å². The highest BCUT2D eigenvalue weighted by atomic mass is 16.5. The van der Waals surface area contributed by atoms with Gasteiger partial charge < -0.3 is 14.7 Å². The largest absolute Gasteiger partial charge is 0.504 e.